The summed E-state index contributed by atoms with van der Waals surface area (Å²) >= 11 is 0. The van der Waals surface area contributed by atoms with Gasteiger partial charge in [-0.25, -0.2) is 0 Å². The average Bonchev–Trinajstić information content (AvgIpc) is 0.722. The summed E-state index contributed by atoms with van der Waals surface area (Å²) in [6.07, 6.45) is 0. The molecule has 0 amide bonds. The van der Waals surface area contributed by atoms with Gasteiger partial charge in [-0.15, -0.1) is 0 Å². The molecule has 0 spiro atoms. The fourth-order valence-electron chi connectivity index (χ4n) is 0. The van der Waals surface area contributed by atoms with Gasteiger partial charge in [0.25, 0.3) is 0 Å². The maximum absolute atomic E-state index is 7.33. The van der Waals surface area contributed by atoms with E-state index in [1.165, 1.54) is 0 Å². The molecule has 0 aliphatic carbocycles. The Labute approximate surface area is 76.5 Å². The van der Waals surface area contributed by atoms with E-state index in [1.807, 2.05) is 0 Å². The summed E-state index contributed by atoms with van der Waals surface area (Å²) in [5, 5.41) is 0. The molecule has 0 aromatic rings. The minimum atomic E-state index is -4.61. The molecule has 0 bridgehead atoms. The molecule has 8 N–H and O–H groups in total. The van der Waals surface area contributed by atoms with Crippen LogP contribution in [0.1, 0.15) is 0 Å². The summed E-state index contributed by atoms with van der Waals surface area (Å²) in [5.41, 5.74) is 0. The first-order valence-electron chi connectivity index (χ1n) is 0.894. The predicted octanol–water partition coefficient (Wildman–Crippen LogP) is -5.17. The second-order valence-corrected chi connectivity index (χ2v) is 1.80. The van der Waals surface area contributed by atoms with Gasteiger partial charge in [-0.05, 0) is 0 Å². The molecule has 0 heterocycles. The molecule has 52 valence electrons. The van der Waals surface area contributed by atoms with Crippen LogP contribution in [0.5, 0.6) is 0 Å². The first-order valence-corrected chi connectivity index (χ1v) is 2.68. The Morgan fingerprint density at radius 3 is 0.750 bits per heavy atom. The van der Waals surface area contributed by atoms with Gasteiger partial charge in [-0.1, -0.05) is 0 Å². The van der Waals surface area contributed by atoms with Crippen molar-refractivity contribution in [3.63, 3.8) is 0 Å². The van der Waals surface area contributed by atoms with Gasteiger partial charge in [0.05, 0.1) is 0 Å². The Morgan fingerprint density at radius 2 is 0.750 bits per heavy atom. The summed E-state index contributed by atoms with van der Waals surface area (Å²) < 4.78 is 0. The SMILES string of the molecule is O.O.O[Si](O)(O)O.[CaH2]. The van der Waals surface area contributed by atoms with Crippen LogP contribution in [0.15, 0.2) is 0 Å². The maximum atomic E-state index is 7.33. The van der Waals surface area contributed by atoms with Gasteiger partial charge in [-0.3, -0.25) is 0 Å². The van der Waals surface area contributed by atoms with Crippen molar-refractivity contribution < 1.29 is 30.1 Å². The summed E-state index contributed by atoms with van der Waals surface area (Å²) in [5.74, 6) is 0. The van der Waals surface area contributed by atoms with Crippen LogP contribution in [0.25, 0.3) is 0 Å². The van der Waals surface area contributed by atoms with Crippen molar-refractivity contribution >= 4 is 46.8 Å². The standard InChI is InChI=1S/Ca.H4O4Si.2H2O.2H/c;1-5(2,3)4;;;;/h;1-4H;2*1H2;;. The molecular weight excluding hydrogens is 164 g/mol. The van der Waals surface area contributed by atoms with Crippen LogP contribution in [0.4, 0.5) is 0 Å². The van der Waals surface area contributed by atoms with E-state index in [-0.39, 0.29) is 48.7 Å². The van der Waals surface area contributed by atoms with Crippen LogP contribution < -0.4 is 0 Å². The van der Waals surface area contributed by atoms with Gasteiger partial charge in [0.2, 0.25) is 0 Å². The predicted molar refractivity (Wildman–Crippen MR) is 30.4 cm³/mol. The van der Waals surface area contributed by atoms with E-state index in [9.17, 15) is 0 Å². The molecule has 0 rings (SSSR count). The second-order valence-electron chi connectivity index (χ2n) is 0.600. The molecule has 0 fully saturated rings. The van der Waals surface area contributed by atoms with Gasteiger partial charge in [0.15, 0.2) is 0 Å². The Kier molecular flexibility index (Phi) is 23.5. The Balaban J connectivity index is -0.0000000267. The van der Waals surface area contributed by atoms with Crippen molar-refractivity contribution in [2.75, 3.05) is 0 Å². The first kappa shape index (κ1) is 22.9. The zero-order valence-electron chi connectivity index (χ0n) is 3.29. The third-order valence-electron chi connectivity index (χ3n) is 0. The number of rotatable bonds is 0. The summed E-state index contributed by atoms with van der Waals surface area (Å²) in [4.78, 5) is 29.3. The van der Waals surface area contributed by atoms with E-state index in [4.69, 9.17) is 19.2 Å². The zero-order chi connectivity index (χ0) is 4.50. The van der Waals surface area contributed by atoms with E-state index in [2.05, 4.69) is 0 Å². The molecule has 0 radical (unpaired) electrons. The third-order valence-corrected chi connectivity index (χ3v) is 0. The van der Waals surface area contributed by atoms with E-state index in [0.717, 1.165) is 0 Å². The van der Waals surface area contributed by atoms with Crippen LogP contribution in [-0.2, 0) is 0 Å². The molecular formula is H10CaO6Si. The number of hydrogen-bond donors (Lipinski definition) is 4. The Hall–Kier alpha value is 1.24. The van der Waals surface area contributed by atoms with E-state index in [1.54, 1.807) is 0 Å². The third kappa shape index (κ3) is 184. The average molecular weight is 174 g/mol. The van der Waals surface area contributed by atoms with Crippen LogP contribution in [0.3, 0.4) is 0 Å². The molecule has 0 atom stereocenters. The molecule has 0 saturated carbocycles. The molecule has 6 nitrogen and oxygen atoms in total. The molecule has 8 heavy (non-hydrogen) atoms. The van der Waals surface area contributed by atoms with Crippen molar-refractivity contribution in [2.45, 2.75) is 0 Å². The minimum absolute atomic E-state index is 0. The second kappa shape index (κ2) is 8.24. The van der Waals surface area contributed by atoms with Gasteiger partial charge < -0.3 is 30.1 Å². The van der Waals surface area contributed by atoms with Crippen LogP contribution in [-0.4, -0.2) is 76.9 Å². The van der Waals surface area contributed by atoms with E-state index >= 15 is 0 Å². The van der Waals surface area contributed by atoms with Gasteiger partial charge in [0, 0.05) is 0 Å². The van der Waals surface area contributed by atoms with Crippen LogP contribution >= 0.6 is 0 Å². The van der Waals surface area contributed by atoms with Crippen molar-refractivity contribution in [1.29, 1.82) is 0 Å². The van der Waals surface area contributed by atoms with Gasteiger partial charge >= 0.3 is 46.8 Å². The fourth-order valence-corrected chi connectivity index (χ4v) is 0. The summed E-state index contributed by atoms with van der Waals surface area (Å²) in [7, 11) is -4.61. The van der Waals surface area contributed by atoms with Crippen molar-refractivity contribution in [2.24, 2.45) is 0 Å². The molecule has 0 unspecified atom stereocenters. The van der Waals surface area contributed by atoms with Crippen molar-refractivity contribution in [1.82, 2.24) is 0 Å². The van der Waals surface area contributed by atoms with Crippen LogP contribution in [0.2, 0.25) is 0 Å². The van der Waals surface area contributed by atoms with Crippen molar-refractivity contribution in [3.05, 3.63) is 0 Å². The Morgan fingerprint density at radius 1 is 0.750 bits per heavy atom. The van der Waals surface area contributed by atoms with Crippen LogP contribution in [0, 0.1) is 0 Å². The first-order chi connectivity index (χ1) is 2.00. The van der Waals surface area contributed by atoms with Crippen molar-refractivity contribution in [3.8, 4) is 0 Å². The fraction of sp³-hybridized carbons (Fsp3) is 0. The molecule has 0 aromatic carbocycles. The quantitative estimate of drug-likeness (QED) is 0.272. The topological polar surface area (TPSA) is 144 Å². The zero-order valence-corrected chi connectivity index (χ0v) is 4.29. The molecule has 0 aliphatic rings. The Bertz CT molecular complexity index is 24.0. The van der Waals surface area contributed by atoms with Gasteiger partial charge in [-0.2, -0.15) is 0 Å². The monoisotopic (exact) mass is 174 g/mol. The molecule has 0 saturated heterocycles. The van der Waals surface area contributed by atoms with Gasteiger partial charge in [0.1, 0.15) is 0 Å². The van der Waals surface area contributed by atoms with E-state index in [0.29, 0.717) is 0 Å². The molecule has 0 aliphatic heterocycles. The molecule has 8 heteroatoms. The number of hydrogen-bond acceptors (Lipinski definition) is 4. The summed E-state index contributed by atoms with van der Waals surface area (Å²) in [6.45, 7) is 0. The molecule has 0 aromatic heterocycles. The van der Waals surface area contributed by atoms with E-state index < -0.39 is 9.05 Å². The summed E-state index contributed by atoms with van der Waals surface area (Å²) in [6, 6.07) is 0. The normalized spacial score (nSPS) is 7.50.